The molecule has 0 spiro atoms. The number of amides is 1. The van der Waals surface area contributed by atoms with Crippen molar-refractivity contribution in [2.24, 2.45) is 5.92 Å². The molecule has 0 aliphatic carbocycles. The molecule has 132 valence electrons. The van der Waals surface area contributed by atoms with Crippen molar-refractivity contribution in [1.29, 1.82) is 0 Å². The van der Waals surface area contributed by atoms with Crippen LogP contribution in [0.5, 0.6) is 0 Å². The number of hydrogen-bond donors (Lipinski definition) is 1. The van der Waals surface area contributed by atoms with Gasteiger partial charge in [0.05, 0.1) is 0 Å². The molecule has 1 saturated heterocycles. The summed E-state index contributed by atoms with van der Waals surface area (Å²) >= 11 is 0. The summed E-state index contributed by atoms with van der Waals surface area (Å²) in [5.74, 6) is 0.160. The van der Waals surface area contributed by atoms with Gasteiger partial charge in [-0.1, -0.05) is 36.8 Å². The van der Waals surface area contributed by atoms with E-state index in [2.05, 4.69) is 58.5 Å². The predicted octanol–water partition coefficient (Wildman–Crippen LogP) is 2.96. The summed E-state index contributed by atoms with van der Waals surface area (Å²) in [6.07, 6.45) is 5.47. The van der Waals surface area contributed by atoms with E-state index in [0.717, 1.165) is 32.5 Å². The summed E-state index contributed by atoms with van der Waals surface area (Å²) in [6.45, 7) is 6.97. The molecule has 1 fully saturated rings. The number of rotatable bonds is 6. The molecule has 2 atom stereocenters. The average molecular weight is 337 g/mol. The van der Waals surface area contributed by atoms with E-state index in [1.165, 1.54) is 16.7 Å². The highest BCUT2D eigenvalue weighted by Gasteiger charge is 2.25. The van der Waals surface area contributed by atoms with E-state index in [0.29, 0.717) is 0 Å². The third-order valence-corrected chi connectivity index (χ3v) is 4.88. The molecule has 1 aliphatic heterocycles. The first-order valence-electron chi connectivity index (χ1n) is 9.07. The zero-order valence-corrected chi connectivity index (χ0v) is 15.1. The molecule has 1 unspecified atom stereocenters. The lowest BCUT2D eigenvalue weighted by molar-refractivity contribution is -0.125. The summed E-state index contributed by atoms with van der Waals surface area (Å²) in [5, 5.41) is 3.23. The van der Waals surface area contributed by atoms with E-state index in [4.69, 9.17) is 0 Å². The van der Waals surface area contributed by atoms with Crippen molar-refractivity contribution >= 4 is 5.91 Å². The zero-order chi connectivity index (χ0) is 17.6. The number of carbonyl (C=O) groups is 1. The maximum Gasteiger partial charge on any atom is 0.223 e. The minimum absolute atomic E-state index is 0.00282. The molecule has 25 heavy (non-hydrogen) atoms. The van der Waals surface area contributed by atoms with Crippen LogP contribution in [0.1, 0.15) is 30.0 Å². The maximum atomic E-state index is 12.5. The second-order valence-electron chi connectivity index (χ2n) is 7.18. The van der Waals surface area contributed by atoms with Gasteiger partial charge in [0.2, 0.25) is 5.91 Å². The third-order valence-electron chi connectivity index (χ3n) is 4.88. The molecular formula is C21H27N3O. The van der Waals surface area contributed by atoms with Gasteiger partial charge in [0.1, 0.15) is 0 Å². The number of likely N-dealkylation sites (tertiary alicyclic amines) is 1. The van der Waals surface area contributed by atoms with Gasteiger partial charge in [0.15, 0.2) is 0 Å². The number of nitrogens with zero attached hydrogens (tertiary/aromatic N) is 2. The summed E-state index contributed by atoms with van der Waals surface area (Å²) < 4.78 is 0. The highest BCUT2D eigenvalue weighted by molar-refractivity contribution is 5.79. The average Bonchev–Trinajstić information content (AvgIpc) is 3.04. The quantitative estimate of drug-likeness (QED) is 0.881. The zero-order valence-electron chi connectivity index (χ0n) is 15.1. The van der Waals surface area contributed by atoms with Gasteiger partial charge in [0, 0.05) is 44.0 Å². The summed E-state index contributed by atoms with van der Waals surface area (Å²) in [6, 6.07) is 12.8. The van der Waals surface area contributed by atoms with Gasteiger partial charge in [-0.2, -0.15) is 0 Å². The molecule has 0 bridgehead atoms. The Morgan fingerprint density at radius 2 is 1.92 bits per heavy atom. The second kappa shape index (κ2) is 8.26. The molecule has 4 nitrogen and oxygen atoms in total. The van der Waals surface area contributed by atoms with Gasteiger partial charge in [0.25, 0.3) is 0 Å². The highest BCUT2D eigenvalue weighted by atomic mass is 16.1. The molecule has 2 aromatic rings. The first kappa shape index (κ1) is 17.6. The van der Waals surface area contributed by atoms with Crippen molar-refractivity contribution in [1.82, 2.24) is 15.2 Å². The normalized spacial score (nSPS) is 18.9. The molecule has 0 radical (unpaired) electrons. The van der Waals surface area contributed by atoms with Gasteiger partial charge in [-0.25, -0.2) is 0 Å². The van der Waals surface area contributed by atoms with Crippen LogP contribution in [0.25, 0.3) is 0 Å². The van der Waals surface area contributed by atoms with Crippen molar-refractivity contribution in [3.8, 4) is 0 Å². The molecule has 1 amide bonds. The Kier molecular flexibility index (Phi) is 5.82. The van der Waals surface area contributed by atoms with Crippen LogP contribution >= 0.6 is 0 Å². The van der Waals surface area contributed by atoms with Crippen molar-refractivity contribution < 1.29 is 4.79 Å². The Morgan fingerprint density at radius 3 is 2.64 bits per heavy atom. The van der Waals surface area contributed by atoms with Crippen LogP contribution in [-0.2, 0) is 17.8 Å². The molecule has 1 N–H and O–H groups in total. The van der Waals surface area contributed by atoms with Crippen LogP contribution in [0.15, 0.2) is 48.8 Å². The van der Waals surface area contributed by atoms with Crippen LogP contribution in [0.3, 0.4) is 0 Å². The first-order chi connectivity index (χ1) is 12.1. The number of pyridine rings is 1. The van der Waals surface area contributed by atoms with E-state index < -0.39 is 0 Å². The Balaban J connectivity index is 1.45. The third kappa shape index (κ3) is 5.13. The molecule has 2 heterocycles. The lowest BCUT2D eigenvalue weighted by Gasteiger charge is -2.19. The Hall–Kier alpha value is -2.20. The lowest BCUT2D eigenvalue weighted by atomic mass is 9.99. The topological polar surface area (TPSA) is 45.2 Å². The number of nitrogens with one attached hydrogen (secondary N) is 1. The van der Waals surface area contributed by atoms with Gasteiger partial charge in [-0.15, -0.1) is 0 Å². The fourth-order valence-electron chi connectivity index (χ4n) is 3.35. The van der Waals surface area contributed by atoms with Crippen LogP contribution in [0.4, 0.5) is 0 Å². The van der Waals surface area contributed by atoms with Crippen LogP contribution in [0, 0.1) is 12.8 Å². The minimum Gasteiger partial charge on any atom is -0.352 e. The van der Waals surface area contributed by atoms with Crippen molar-refractivity contribution in [2.45, 2.75) is 39.3 Å². The summed E-state index contributed by atoms with van der Waals surface area (Å²) in [7, 11) is 0. The van der Waals surface area contributed by atoms with E-state index in [1.54, 1.807) is 0 Å². The molecular weight excluding hydrogens is 310 g/mol. The first-order valence-corrected chi connectivity index (χ1v) is 9.07. The monoisotopic (exact) mass is 337 g/mol. The van der Waals surface area contributed by atoms with Crippen molar-refractivity contribution in [3.05, 3.63) is 65.5 Å². The van der Waals surface area contributed by atoms with Crippen LogP contribution < -0.4 is 5.32 Å². The minimum atomic E-state index is -0.00282. The Labute approximate surface area is 150 Å². The predicted molar refractivity (Wildman–Crippen MR) is 100 cm³/mol. The molecule has 1 aliphatic rings. The van der Waals surface area contributed by atoms with E-state index in [-0.39, 0.29) is 17.9 Å². The molecule has 4 heteroatoms. The van der Waals surface area contributed by atoms with Gasteiger partial charge < -0.3 is 5.32 Å². The number of aromatic nitrogens is 1. The lowest BCUT2D eigenvalue weighted by Crippen LogP contribution is -2.40. The number of aryl methyl sites for hydroxylation is 1. The second-order valence-corrected chi connectivity index (χ2v) is 7.18. The Morgan fingerprint density at radius 1 is 1.20 bits per heavy atom. The van der Waals surface area contributed by atoms with E-state index >= 15 is 0 Å². The summed E-state index contributed by atoms with van der Waals surface area (Å²) in [4.78, 5) is 18.9. The van der Waals surface area contributed by atoms with Gasteiger partial charge >= 0.3 is 0 Å². The number of carbonyl (C=O) groups excluding carboxylic acids is 1. The van der Waals surface area contributed by atoms with E-state index in [1.807, 2.05) is 19.3 Å². The fraction of sp³-hybridized carbons (Fsp3) is 0.429. The Bertz CT molecular complexity index is 684. The fourth-order valence-corrected chi connectivity index (χ4v) is 3.35. The van der Waals surface area contributed by atoms with E-state index in [9.17, 15) is 4.79 Å². The number of benzene rings is 1. The van der Waals surface area contributed by atoms with Crippen molar-refractivity contribution in [2.75, 3.05) is 13.1 Å². The van der Waals surface area contributed by atoms with Crippen molar-refractivity contribution in [3.63, 3.8) is 0 Å². The summed E-state index contributed by atoms with van der Waals surface area (Å²) in [5.41, 5.74) is 3.75. The maximum absolute atomic E-state index is 12.5. The smallest absolute Gasteiger partial charge is 0.223 e. The molecule has 1 aromatic carbocycles. The van der Waals surface area contributed by atoms with Crippen LogP contribution in [-0.4, -0.2) is 34.9 Å². The molecule has 1 aromatic heterocycles. The number of hydrogen-bond acceptors (Lipinski definition) is 3. The SMILES string of the molecule is Cc1ccc(CC(C)C(=O)N[C@H]2CCN(Cc3ccncc3)C2)cc1. The highest BCUT2D eigenvalue weighted by Crippen LogP contribution is 2.15. The molecule has 0 saturated carbocycles. The molecule has 3 rings (SSSR count). The van der Waals surface area contributed by atoms with Gasteiger partial charge in [-0.05, 0) is 43.0 Å². The van der Waals surface area contributed by atoms with Gasteiger partial charge in [-0.3, -0.25) is 14.7 Å². The van der Waals surface area contributed by atoms with Crippen LogP contribution in [0.2, 0.25) is 0 Å². The standard InChI is InChI=1S/C21H27N3O/c1-16-3-5-18(6-4-16)13-17(2)21(25)23-20-9-12-24(15-20)14-19-7-10-22-11-8-19/h3-8,10-11,17,20H,9,12-15H2,1-2H3,(H,23,25)/t17?,20-/m0/s1. The largest absolute Gasteiger partial charge is 0.352 e.